The van der Waals surface area contributed by atoms with E-state index in [1.807, 2.05) is 35.9 Å². The summed E-state index contributed by atoms with van der Waals surface area (Å²) in [5.41, 5.74) is 1.05. The molecule has 0 radical (unpaired) electrons. The highest BCUT2D eigenvalue weighted by atomic mass is 35.5. The van der Waals surface area contributed by atoms with E-state index in [0.717, 1.165) is 12.0 Å². The van der Waals surface area contributed by atoms with Crippen LogP contribution in [-0.2, 0) is 11.8 Å². The van der Waals surface area contributed by atoms with Crippen molar-refractivity contribution in [1.29, 1.82) is 0 Å². The van der Waals surface area contributed by atoms with Gasteiger partial charge in [0.2, 0.25) is 5.91 Å². The Hall–Kier alpha value is -1.53. The topological polar surface area (TPSA) is 59.8 Å². The molecule has 0 spiro atoms. The van der Waals surface area contributed by atoms with Crippen molar-refractivity contribution in [2.45, 2.75) is 32.3 Å². The van der Waals surface area contributed by atoms with Gasteiger partial charge in [0.25, 0.3) is 0 Å². The van der Waals surface area contributed by atoms with Crippen molar-refractivity contribution in [3.05, 3.63) is 29.3 Å². The SMILES string of the molecule is Cn1c(SCC(=O)NCCC(C)(C)C)nnc1-c1ccccc1Cl. The predicted molar refractivity (Wildman–Crippen MR) is 99.3 cm³/mol. The van der Waals surface area contributed by atoms with Crippen LogP contribution in [0, 0.1) is 5.41 Å². The summed E-state index contributed by atoms with van der Waals surface area (Å²) in [6, 6.07) is 7.51. The zero-order valence-electron chi connectivity index (χ0n) is 14.5. The van der Waals surface area contributed by atoms with E-state index < -0.39 is 0 Å². The van der Waals surface area contributed by atoms with Gasteiger partial charge in [-0.2, -0.15) is 0 Å². The molecule has 7 heteroatoms. The minimum Gasteiger partial charge on any atom is -0.355 e. The fourth-order valence-electron chi connectivity index (χ4n) is 2.08. The number of nitrogens with one attached hydrogen (secondary N) is 1. The molecule has 0 aliphatic carbocycles. The Balaban J connectivity index is 1.93. The van der Waals surface area contributed by atoms with Crippen LogP contribution < -0.4 is 5.32 Å². The Kier molecular flexibility index (Phi) is 6.29. The Bertz CT molecular complexity index is 709. The van der Waals surface area contributed by atoms with Crippen LogP contribution in [0.4, 0.5) is 0 Å². The number of benzene rings is 1. The van der Waals surface area contributed by atoms with Gasteiger partial charge in [-0.05, 0) is 24.0 Å². The number of nitrogens with zero attached hydrogens (tertiary/aromatic N) is 3. The van der Waals surface area contributed by atoms with Crippen molar-refractivity contribution in [2.24, 2.45) is 12.5 Å². The van der Waals surface area contributed by atoms with Gasteiger partial charge < -0.3 is 9.88 Å². The number of thioether (sulfide) groups is 1. The number of halogens is 1. The molecule has 0 atom stereocenters. The number of amides is 1. The van der Waals surface area contributed by atoms with Gasteiger partial charge in [-0.1, -0.05) is 56.3 Å². The van der Waals surface area contributed by atoms with E-state index in [1.54, 1.807) is 0 Å². The Morgan fingerprint density at radius 3 is 2.67 bits per heavy atom. The Morgan fingerprint density at radius 1 is 1.29 bits per heavy atom. The van der Waals surface area contributed by atoms with Crippen LogP contribution in [0.3, 0.4) is 0 Å². The number of hydrogen-bond acceptors (Lipinski definition) is 4. The standard InChI is InChI=1S/C17H23ClN4OS/c1-17(2,3)9-10-19-14(23)11-24-16-21-20-15(22(16)4)12-7-5-6-8-13(12)18/h5-8H,9-11H2,1-4H3,(H,19,23). The summed E-state index contributed by atoms with van der Waals surface area (Å²) in [6.07, 6.45) is 0.948. The first kappa shape index (κ1) is 18.8. The lowest BCUT2D eigenvalue weighted by Gasteiger charge is -2.17. The first-order valence-electron chi connectivity index (χ1n) is 7.82. The Labute approximate surface area is 152 Å². The van der Waals surface area contributed by atoms with Gasteiger partial charge in [0, 0.05) is 19.2 Å². The molecule has 130 valence electrons. The second-order valence-corrected chi connectivity index (χ2v) is 8.14. The number of aromatic nitrogens is 3. The third kappa shape index (κ3) is 5.24. The summed E-state index contributed by atoms with van der Waals surface area (Å²) < 4.78 is 1.86. The summed E-state index contributed by atoms with van der Waals surface area (Å²) in [5.74, 6) is 1.02. The average Bonchev–Trinajstić information content (AvgIpc) is 2.85. The van der Waals surface area contributed by atoms with Crippen LogP contribution in [-0.4, -0.2) is 33.0 Å². The van der Waals surface area contributed by atoms with E-state index in [9.17, 15) is 4.79 Å². The van der Waals surface area contributed by atoms with Gasteiger partial charge in [0.1, 0.15) is 0 Å². The zero-order valence-corrected chi connectivity index (χ0v) is 16.0. The molecule has 0 fully saturated rings. The molecule has 1 aromatic carbocycles. The number of carbonyl (C=O) groups excluding carboxylic acids is 1. The minimum atomic E-state index is 0.00606. The molecule has 2 aromatic rings. The lowest BCUT2D eigenvalue weighted by molar-refractivity contribution is -0.118. The van der Waals surface area contributed by atoms with Crippen LogP contribution in [0.5, 0.6) is 0 Å². The fraction of sp³-hybridized carbons (Fsp3) is 0.471. The van der Waals surface area contributed by atoms with Crippen LogP contribution >= 0.6 is 23.4 Å². The molecule has 5 nitrogen and oxygen atoms in total. The predicted octanol–water partition coefficient (Wildman–Crippen LogP) is 3.78. The van der Waals surface area contributed by atoms with Gasteiger partial charge in [-0.15, -0.1) is 10.2 Å². The molecule has 24 heavy (non-hydrogen) atoms. The molecule has 0 bridgehead atoms. The lowest BCUT2D eigenvalue weighted by atomic mass is 9.92. The molecule has 1 amide bonds. The molecule has 1 heterocycles. The van der Waals surface area contributed by atoms with Crippen molar-refractivity contribution < 1.29 is 4.79 Å². The maximum atomic E-state index is 11.9. The molecular formula is C17H23ClN4OS. The molecule has 0 saturated carbocycles. The van der Waals surface area contributed by atoms with E-state index in [1.165, 1.54) is 11.8 Å². The number of hydrogen-bond donors (Lipinski definition) is 1. The van der Waals surface area contributed by atoms with Crippen LogP contribution in [0.2, 0.25) is 5.02 Å². The maximum Gasteiger partial charge on any atom is 0.230 e. The number of rotatable bonds is 6. The van der Waals surface area contributed by atoms with Gasteiger partial charge in [0.15, 0.2) is 11.0 Å². The highest BCUT2D eigenvalue weighted by Crippen LogP contribution is 2.28. The molecule has 0 saturated heterocycles. The summed E-state index contributed by atoms with van der Waals surface area (Å²) >= 11 is 7.58. The second kappa shape index (κ2) is 8.03. The van der Waals surface area contributed by atoms with Crippen molar-refractivity contribution >= 4 is 29.3 Å². The molecule has 0 aliphatic rings. The molecule has 1 N–H and O–H groups in total. The largest absolute Gasteiger partial charge is 0.355 e. The summed E-state index contributed by atoms with van der Waals surface area (Å²) in [5, 5.41) is 12.6. The monoisotopic (exact) mass is 366 g/mol. The minimum absolute atomic E-state index is 0.00606. The van der Waals surface area contributed by atoms with E-state index in [0.29, 0.717) is 28.3 Å². The van der Waals surface area contributed by atoms with Gasteiger partial charge >= 0.3 is 0 Å². The van der Waals surface area contributed by atoms with E-state index in [2.05, 4.69) is 36.3 Å². The maximum absolute atomic E-state index is 11.9. The van der Waals surface area contributed by atoms with Crippen LogP contribution in [0.15, 0.2) is 29.4 Å². The van der Waals surface area contributed by atoms with E-state index in [-0.39, 0.29) is 11.3 Å². The highest BCUT2D eigenvalue weighted by Gasteiger charge is 2.15. The summed E-state index contributed by atoms with van der Waals surface area (Å²) in [6.45, 7) is 7.16. The van der Waals surface area contributed by atoms with E-state index >= 15 is 0 Å². The third-order valence-electron chi connectivity index (χ3n) is 3.48. The molecule has 0 aliphatic heterocycles. The zero-order chi connectivity index (χ0) is 17.7. The molecule has 1 aromatic heterocycles. The highest BCUT2D eigenvalue weighted by molar-refractivity contribution is 7.99. The van der Waals surface area contributed by atoms with Crippen molar-refractivity contribution in [3.63, 3.8) is 0 Å². The Morgan fingerprint density at radius 2 is 2.00 bits per heavy atom. The van der Waals surface area contributed by atoms with Crippen molar-refractivity contribution in [1.82, 2.24) is 20.1 Å². The first-order valence-corrected chi connectivity index (χ1v) is 9.18. The first-order chi connectivity index (χ1) is 11.3. The normalized spacial score (nSPS) is 11.5. The van der Waals surface area contributed by atoms with Gasteiger partial charge in [0.05, 0.1) is 10.8 Å². The fourth-order valence-corrected chi connectivity index (χ4v) is 3.04. The summed E-state index contributed by atoms with van der Waals surface area (Å²) in [4.78, 5) is 11.9. The molecule has 0 unspecified atom stereocenters. The van der Waals surface area contributed by atoms with Gasteiger partial charge in [-0.3, -0.25) is 4.79 Å². The molecular weight excluding hydrogens is 344 g/mol. The number of carbonyl (C=O) groups is 1. The van der Waals surface area contributed by atoms with Crippen LogP contribution in [0.1, 0.15) is 27.2 Å². The van der Waals surface area contributed by atoms with Crippen LogP contribution in [0.25, 0.3) is 11.4 Å². The third-order valence-corrected chi connectivity index (χ3v) is 4.83. The van der Waals surface area contributed by atoms with E-state index in [4.69, 9.17) is 11.6 Å². The van der Waals surface area contributed by atoms with Crippen molar-refractivity contribution in [2.75, 3.05) is 12.3 Å². The smallest absolute Gasteiger partial charge is 0.230 e. The second-order valence-electron chi connectivity index (χ2n) is 6.79. The average molecular weight is 367 g/mol. The quantitative estimate of drug-likeness (QED) is 0.790. The summed E-state index contributed by atoms with van der Waals surface area (Å²) in [7, 11) is 1.87. The molecule has 2 rings (SSSR count). The van der Waals surface area contributed by atoms with Gasteiger partial charge in [-0.25, -0.2) is 0 Å². The van der Waals surface area contributed by atoms with Crippen molar-refractivity contribution in [3.8, 4) is 11.4 Å². The lowest BCUT2D eigenvalue weighted by Crippen LogP contribution is -2.28.